The predicted molar refractivity (Wildman–Crippen MR) is 85.1 cm³/mol. The average Bonchev–Trinajstić information content (AvgIpc) is 2.46. The minimum atomic E-state index is -0.155. The summed E-state index contributed by atoms with van der Waals surface area (Å²) in [6.45, 7) is 4.34. The second kappa shape index (κ2) is 7.14. The van der Waals surface area contributed by atoms with Crippen LogP contribution < -0.4 is 10.1 Å². The van der Waals surface area contributed by atoms with Crippen LogP contribution >= 0.6 is 11.6 Å². The summed E-state index contributed by atoms with van der Waals surface area (Å²) in [6, 6.07) is 14.6. The highest BCUT2D eigenvalue weighted by molar-refractivity contribution is 6.30. The van der Waals surface area contributed by atoms with Crippen LogP contribution in [0.5, 0.6) is 5.75 Å². The van der Waals surface area contributed by atoms with Crippen molar-refractivity contribution >= 4 is 17.5 Å². The van der Waals surface area contributed by atoms with Gasteiger partial charge in [-0.15, -0.1) is 0 Å². The average molecular weight is 304 g/mol. The van der Waals surface area contributed by atoms with E-state index in [2.05, 4.69) is 5.32 Å². The Labute approximate surface area is 129 Å². The van der Waals surface area contributed by atoms with E-state index in [0.717, 1.165) is 5.75 Å². The minimum absolute atomic E-state index is 0.0993. The van der Waals surface area contributed by atoms with Gasteiger partial charge in [0.05, 0.1) is 6.04 Å². The molecule has 1 amide bonds. The number of hydrogen-bond donors (Lipinski definition) is 1. The predicted octanol–water partition coefficient (Wildman–Crippen LogP) is 3.85. The number of ether oxygens (including phenoxy) is 1. The van der Waals surface area contributed by atoms with Gasteiger partial charge >= 0.3 is 0 Å². The number of halogens is 1. The van der Waals surface area contributed by atoms with Crippen molar-refractivity contribution in [3.8, 4) is 5.75 Å². The van der Waals surface area contributed by atoms with Gasteiger partial charge < -0.3 is 10.1 Å². The van der Waals surface area contributed by atoms with Crippen LogP contribution in [0.1, 0.15) is 22.8 Å². The first-order valence-electron chi connectivity index (χ1n) is 6.80. The molecule has 0 heterocycles. The maximum atomic E-state index is 12.0. The number of carbonyl (C=O) groups is 1. The molecule has 110 valence electrons. The monoisotopic (exact) mass is 303 g/mol. The van der Waals surface area contributed by atoms with Crippen LogP contribution in [0.3, 0.4) is 0 Å². The first-order valence-corrected chi connectivity index (χ1v) is 7.18. The van der Waals surface area contributed by atoms with Gasteiger partial charge in [0.15, 0.2) is 0 Å². The molecule has 0 aromatic heterocycles. The summed E-state index contributed by atoms with van der Waals surface area (Å²) in [4.78, 5) is 12.0. The molecule has 0 fully saturated rings. The largest absolute Gasteiger partial charge is 0.491 e. The van der Waals surface area contributed by atoms with Gasteiger partial charge in [0.2, 0.25) is 0 Å². The highest BCUT2D eigenvalue weighted by atomic mass is 35.5. The molecule has 0 unspecified atom stereocenters. The zero-order chi connectivity index (χ0) is 15.2. The maximum absolute atomic E-state index is 12.0. The summed E-state index contributed by atoms with van der Waals surface area (Å²) >= 11 is 5.87. The third-order valence-corrected chi connectivity index (χ3v) is 3.22. The standard InChI is InChI=1S/C17H18ClNO2/c1-12-6-8-16(9-7-12)21-11-13(2)19-17(20)14-4-3-5-15(18)10-14/h3-10,13H,11H2,1-2H3,(H,19,20)/t13-/m1/s1. The van der Waals surface area contributed by atoms with E-state index in [4.69, 9.17) is 16.3 Å². The van der Waals surface area contributed by atoms with Crippen LogP contribution in [-0.4, -0.2) is 18.6 Å². The summed E-state index contributed by atoms with van der Waals surface area (Å²) in [5, 5.41) is 3.43. The van der Waals surface area contributed by atoms with Gasteiger partial charge in [-0.25, -0.2) is 0 Å². The lowest BCUT2D eigenvalue weighted by Gasteiger charge is -2.15. The molecule has 2 rings (SSSR count). The van der Waals surface area contributed by atoms with Gasteiger partial charge in [-0.2, -0.15) is 0 Å². The molecule has 2 aromatic carbocycles. The lowest BCUT2D eigenvalue weighted by Crippen LogP contribution is -2.36. The van der Waals surface area contributed by atoms with Crippen molar-refractivity contribution in [1.29, 1.82) is 0 Å². The van der Waals surface area contributed by atoms with Gasteiger partial charge in [0.25, 0.3) is 5.91 Å². The number of amides is 1. The normalized spacial score (nSPS) is 11.8. The molecule has 3 nitrogen and oxygen atoms in total. The molecule has 1 N–H and O–H groups in total. The molecule has 0 aliphatic rings. The molecule has 2 aromatic rings. The minimum Gasteiger partial charge on any atom is -0.491 e. The van der Waals surface area contributed by atoms with Crippen molar-refractivity contribution in [3.63, 3.8) is 0 Å². The Morgan fingerprint density at radius 3 is 2.62 bits per heavy atom. The Morgan fingerprint density at radius 1 is 1.24 bits per heavy atom. The summed E-state index contributed by atoms with van der Waals surface area (Å²) in [5.41, 5.74) is 1.73. The molecular formula is C17H18ClNO2. The summed E-state index contributed by atoms with van der Waals surface area (Å²) in [5.74, 6) is 0.641. The van der Waals surface area contributed by atoms with Crippen molar-refractivity contribution in [3.05, 3.63) is 64.7 Å². The Balaban J connectivity index is 1.85. The fourth-order valence-electron chi connectivity index (χ4n) is 1.83. The second-order valence-electron chi connectivity index (χ2n) is 5.01. The molecule has 0 saturated carbocycles. The number of hydrogen-bond acceptors (Lipinski definition) is 2. The van der Waals surface area contributed by atoms with E-state index in [1.54, 1.807) is 24.3 Å². The van der Waals surface area contributed by atoms with Crippen LogP contribution in [0, 0.1) is 6.92 Å². The SMILES string of the molecule is Cc1ccc(OC[C@@H](C)NC(=O)c2cccc(Cl)c2)cc1. The molecule has 1 atom stereocenters. The highest BCUT2D eigenvalue weighted by Gasteiger charge is 2.10. The number of aryl methyl sites for hydroxylation is 1. The smallest absolute Gasteiger partial charge is 0.251 e. The van der Waals surface area contributed by atoms with Crippen LogP contribution in [0.25, 0.3) is 0 Å². The Bertz CT molecular complexity index is 610. The molecule has 0 spiro atoms. The van der Waals surface area contributed by atoms with Crippen molar-refractivity contribution in [1.82, 2.24) is 5.32 Å². The quantitative estimate of drug-likeness (QED) is 0.911. The van der Waals surface area contributed by atoms with E-state index in [0.29, 0.717) is 17.2 Å². The molecular weight excluding hydrogens is 286 g/mol. The number of benzene rings is 2. The summed E-state index contributed by atoms with van der Waals surface area (Å²) < 4.78 is 5.64. The van der Waals surface area contributed by atoms with Crippen LogP contribution in [0.2, 0.25) is 5.02 Å². The van der Waals surface area contributed by atoms with Crippen molar-refractivity contribution in [2.75, 3.05) is 6.61 Å². The van der Waals surface area contributed by atoms with E-state index in [9.17, 15) is 4.79 Å². The fraction of sp³-hybridized carbons (Fsp3) is 0.235. The van der Waals surface area contributed by atoms with Gasteiger partial charge in [0.1, 0.15) is 12.4 Å². The van der Waals surface area contributed by atoms with Crippen molar-refractivity contribution in [2.24, 2.45) is 0 Å². The fourth-order valence-corrected chi connectivity index (χ4v) is 2.02. The topological polar surface area (TPSA) is 38.3 Å². The first-order chi connectivity index (χ1) is 10.0. The van der Waals surface area contributed by atoms with Crippen molar-refractivity contribution < 1.29 is 9.53 Å². The van der Waals surface area contributed by atoms with Gasteiger partial charge in [-0.05, 0) is 44.2 Å². The molecule has 0 saturated heterocycles. The van der Waals surface area contributed by atoms with Crippen LogP contribution in [-0.2, 0) is 0 Å². The Morgan fingerprint density at radius 2 is 1.95 bits per heavy atom. The highest BCUT2D eigenvalue weighted by Crippen LogP contribution is 2.12. The number of carbonyl (C=O) groups excluding carboxylic acids is 1. The third kappa shape index (κ3) is 4.80. The van der Waals surface area contributed by atoms with Crippen LogP contribution in [0.15, 0.2) is 48.5 Å². The van der Waals surface area contributed by atoms with E-state index in [1.165, 1.54) is 5.56 Å². The van der Waals surface area contributed by atoms with Gasteiger partial charge in [0, 0.05) is 10.6 Å². The zero-order valence-corrected chi connectivity index (χ0v) is 12.9. The lowest BCUT2D eigenvalue weighted by molar-refractivity contribution is 0.0926. The van der Waals surface area contributed by atoms with Crippen LogP contribution in [0.4, 0.5) is 0 Å². The van der Waals surface area contributed by atoms with Gasteiger partial charge in [-0.1, -0.05) is 35.4 Å². The lowest BCUT2D eigenvalue weighted by atomic mass is 10.2. The zero-order valence-electron chi connectivity index (χ0n) is 12.1. The summed E-state index contributed by atoms with van der Waals surface area (Å²) in [6.07, 6.45) is 0. The number of nitrogens with one attached hydrogen (secondary N) is 1. The number of rotatable bonds is 5. The van der Waals surface area contributed by atoms with Crippen molar-refractivity contribution in [2.45, 2.75) is 19.9 Å². The van der Waals surface area contributed by atoms with E-state index < -0.39 is 0 Å². The maximum Gasteiger partial charge on any atom is 0.251 e. The third-order valence-electron chi connectivity index (χ3n) is 2.99. The Kier molecular flexibility index (Phi) is 5.23. The molecule has 21 heavy (non-hydrogen) atoms. The molecule has 0 aliphatic carbocycles. The molecule has 0 bridgehead atoms. The van der Waals surface area contributed by atoms with E-state index in [-0.39, 0.29) is 11.9 Å². The first kappa shape index (κ1) is 15.4. The molecule has 4 heteroatoms. The summed E-state index contributed by atoms with van der Waals surface area (Å²) in [7, 11) is 0. The molecule has 0 aliphatic heterocycles. The van der Waals surface area contributed by atoms with Gasteiger partial charge in [-0.3, -0.25) is 4.79 Å². The van der Waals surface area contributed by atoms with E-state index >= 15 is 0 Å². The molecule has 0 radical (unpaired) electrons. The van der Waals surface area contributed by atoms with E-state index in [1.807, 2.05) is 38.1 Å². The second-order valence-corrected chi connectivity index (χ2v) is 5.45. The Hall–Kier alpha value is -2.00.